The first-order chi connectivity index (χ1) is 12.6. The first-order valence-electron chi connectivity index (χ1n) is 9.29. The lowest BCUT2D eigenvalue weighted by molar-refractivity contribution is -0.137. The Morgan fingerprint density at radius 2 is 1.27 bits per heavy atom. The second-order valence-corrected chi connectivity index (χ2v) is 5.66. The number of allylic oxidation sites excluding steroid dienone is 8. The number of unbranched alkanes of at least 4 members (excludes halogenated alkanes) is 2. The van der Waals surface area contributed by atoms with Crippen LogP contribution in [-0.4, -0.2) is 45.7 Å². The lowest BCUT2D eigenvalue weighted by atomic mass is 10.2. The van der Waals surface area contributed by atoms with E-state index < -0.39 is 12.1 Å². The van der Waals surface area contributed by atoms with Crippen LogP contribution in [-0.2, 0) is 4.79 Å². The van der Waals surface area contributed by atoms with E-state index in [4.69, 9.17) is 20.4 Å². The standard InChI is InChI=1S/C18H28O2.C3H8O3/c1-2-3-4-5-6-7-8-9-10-11-12-13-14-15-16-17-18(19)20;4-1-3(6)2-5/h3-4,6-7,9-10,12-13H,2,5,8,11,14-17H2,1H3,(H,19,20);3-6H,1-2H2/b4-3-,7-6-,10-9-,13-12-;. The van der Waals surface area contributed by atoms with Crippen molar-refractivity contribution in [2.75, 3.05) is 13.2 Å². The van der Waals surface area contributed by atoms with Crippen molar-refractivity contribution in [3.8, 4) is 0 Å². The van der Waals surface area contributed by atoms with E-state index in [1.54, 1.807) is 0 Å². The molecule has 5 nitrogen and oxygen atoms in total. The van der Waals surface area contributed by atoms with E-state index in [0.717, 1.165) is 44.9 Å². The van der Waals surface area contributed by atoms with Gasteiger partial charge in [0.2, 0.25) is 0 Å². The summed E-state index contributed by atoms with van der Waals surface area (Å²) in [6, 6.07) is 0. The molecule has 0 amide bonds. The molecule has 0 heterocycles. The van der Waals surface area contributed by atoms with Gasteiger partial charge in [0.05, 0.1) is 13.2 Å². The summed E-state index contributed by atoms with van der Waals surface area (Å²) in [5.74, 6) is -0.699. The minimum atomic E-state index is -0.954. The molecule has 0 bridgehead atoms. The summed E-state index contributed by atoms with van der Waals surface area (Å²) in [6.07, 6.45) is 23.5. The van der Waals surface area contributed by atoms with Gasteiger partial charge in [0.1, 0.15) is 6.10 Å². The fraction of sp³-hybridized carbons (Fsp3) is 0.571. The number of carboxylic acids is 1. The molecule has 0 radical (unpaired) electrons. The van der Waals surface area contributed by atoms with Crippen LogP contribution in [0, 0.1) is 0 Å². The van der Waals surface area contributed by atoms with Crippen molar-refractivity contribution in [3.63, 3.8) is 0 Å². The van der Waals surface area contributed by atoms with Crippen LogP contribution in [0.5, 0.6) is 0 Å². The van der Waals surface area contributed by atoms with Gasteiger partial charge >= 0.3 is 5.97 Å². The first-order valence-corrected chi connectivity index (χ1v) is 9.29. The molecule has 26 heavy (non-hydrogen) atoms. The highest BCUT2D eigenvalue weighted by molar-refractivity contribution is 5.66. The molecule has 0 aliphatic heterocycles. The molecule has 0 rings (SSSR count). The largest absolute Gasteiger partial charge is 0.481 e. The van der Waals surface area contributed by atoms with E-state index in [9.17, 15) is 4.79 Å². The normalized spacial score (nSPS) is 11.9. The number of carboxylic acid groups (broad SMARTS) is 1. The smallest absolute Gasteiger partial charge is 0.303 e. The van der Waals surface area contributed by atoms with E-state index in [0.29, 0.717) is 0 Å². The number of carbonyl (C=O) groups is 1. The lowest BCUT2D eigenvalue weighted by Gasteiger charge is -1.96. The highest BCUT2D eigenvalue weighted by Gasteiger charge is 1.94. The molecule has 0 spiro atoms. The second-order valence-electron chi connectivity index (χ2n) is 5.66. The molecule has 0 aliphatic rings. The maximum Gasteiger partial charge on any atom is 0.303 e. The zero-order chi connectivity index (χ0) is 19.9. The average Bonchev–Trinajstić information content (AvgIpc) is 2.64. The van der Waals surface area contributed by atoms with E-state index >= 15 is 0 Å². The Morgan fingerprint density at radius 3 is 1.65 bits per heavy atom. The lowest BCUT2D eigenvalue weighted by Crippen LogP contribution is -2.15. The molecule has 0 atom stereocenters. The van der Waals surface area contributed by atoms with Crippen LogP contribution in [0.15, 0.2) is 48.6 Å². The number of aliphatic carboxylic acids is 1. The molecule has 150 valence electrons. The van der Waals surface area contributed by atoms with Crippen molar-refractivity contribution < 1.29 is 25.2 Å². The van der Waals surface area contributed by atoms with E-state index in [1.165, 1.54) is 0 Å². The zero-order valence-corrected chi connectivity index (χ0v) is 16.0. The molecule has 0 unspecified atom stereocenters. The van der Waals surface area contributed by atoms with Gasteiger partial charge in [0, 0.05) is 6.42 Å². The van der Waals surface area contributed by atoms with Gasteiger partial charge in [0.15, 0.2) is 0 Å². The van der Waals surface area contributed by atoms with E-state index in [-0.39, 0.29) is 19.6 Å². The quantitative estimate of drug-likeness (QED) is 0.276. The van der Waals surface area contributed by atoms with Gasteiger partial charge in [-0.05, 0) is 44.9 Å². The Morgan fingerprint density at radius 1 is 0.808 bits per heavy atom. The van der Waals surface area contributed by atoms with Gasteiger partial charge in [-0.25, -0.2) is 0 Å². The molecule has 5 heteroatoms. The van der Waals surface area contributed by atoms with E-state index in [1.807, 2.05) is 0 Å². The Kier molecular flexibility index (Phi) is 23.8. The Hall–Kier alpha value is -1.69. The summed E-state index contributed by atoms with van der Waals surface area (Å²) in [5.41, 5.74) is 0. The second kappa shape index (κ2) is 23.3. The molecule has 0 aliphatic carbocycles. The first kappa shape index (κ1) is 26.5. The minimum absolute atomic E-state index is 0.285. The fourth-order valence-corrected chi connectivity index (χ4v) is 1.69. The van der Waals surface area contributed by atoms with E-state index in [2.05, 4.69) is 55.5 Å². The van der Waals surface area contributed by atoms with Crippen molar-refractivity contribution in [2.24, 2.45) is 0 Å². The third-order valence-electron chi connectivity index (χ3n) is 3.15. The third-order valence-corrected chi connectivity index (χ3v) is 3.15. The summed E-state index contributed by atoms with van der Waals surface area (Å²) in [6.45, 7) is 1.41. The van der Waals surface area contributed by atoms with Crippen molar-refractivity contribution in [2.45, 2.75) is 64.4 Å². The molecule has 0 saturated heterocycles. The van der Waals surface area contributed by atoms with Crippen molar-refractivity contribution in [1.29, 1.82) is 0 Å². The molecule has 0 aromatic carbocycles. The van der Waals surface area contributed by atoms with Crippen LogP contribution in [0.4, 0.5) is 0 Å². The fourth-order valence-electron chi connectivity index (χ4n) is 1.69. The molecule has 0 saturated carbocycles. The van der Waals surface area contributed by atoms with Gasteiger partial charge < -0.3 is 20.4 Å². The summed E-state index contributed by atoms with van der Waals surface area (Å²) in [4.78, 5) is 10.3. The van der Waals surface area contributed by atoms with Crippen LogP contribution < -0.4 is 0 Å². The number of aliphatic hydroxyl groups is 3. The highest BCUT2D eigenvalue weighted by Crippen LogP contribution is 2.01. The molecule has 0 aromatic heterocycles. The van der Waals surface area contributed by atoms with Crippen LogP contribution in [0.25, 0.3) is 0 Å². The van der Waals surface area contributed by atoms with Crippen LogP contribution >= 0.6 is 0 Å². The van der Waals surface area contributed by atoms with Crippen LogP contribution in [0.1, 0.15) is 58.3 Å². The predicted octanol–water partition coefficient (Wildman–Crippen LogP) is 3.77. The zero-order valence-electron chi connectivity index (χ0n) is 16.0. The number of hydrogen-bond donors (Lipinski definition) is 4. The maximum atomic E-state index is 10.3. The SMILES string of the molecule is CC/C=C\C/C=C\C/C=C\C/C=C\CCCCC(=O)O.OCC(O)CO. The van der Waals surface area contributed by atoms with Crippen LogP contribution in [0.2, 0.25) is 0 Å². The third kappa shape index (κ3) is 27.2. The average molecular weight is 369 g/mol. The topological polar surface area (TPSA) is 98.0 Å². The van der Waals surface area contributed by atoms with Crippen molar-refractivity contribution in [3.05, 3.63) is 48.6 Å². The van der Waals surface area contributed by atoms with Crippen molar-refractivity contribution >= 4 is 5.97 Å². The molecule has 4 N–H and O–H groups in total. The summed E-state index contributed by atoms with van der Waals surface area (Å²) >= 11 is 0. The highest BCUT2D eigenvalue weighted by atomic mass is 16.4. The molecular weight excluding hydrogens is 332 g/mol. The number of hydrogen-bond acceptors (Lipinski definition) is 4. The summed E-state index contributed by atoms with van der Waals surface area (Å²) in [7, 11) is 0. The summed E-state index contributed by atoms with van der Waals surface area (Å²) in [5, 5.41) is 32.5. The maximum absolute atomic E-state index is 10.3. The molecular formula is C21H36O5. The Labute approximate surface area is 158 Å². The number of rotatable bonds is 14. The van der Waals surface area contributed by atoms with Gasteiger partial charge in [-0.3, -0.25) is 4.79 Å². The van der Waals surface area contributed by atoms with Gasteiger partial charge in [-0.15, -0.1) is 0 Å². The predicted molar refractivity (Wildman–Crippen MR) is 107 cm³/mol. The minimum Gasteiger partial charge on any atom is -0.481 e. The van der Waals surface area contributed by atoms with Gasteiger partial charge in [-0.1, -0.05) is 55.5 Å². The van der Waals surface area contributed by atoms with Crippen LogP contribution in [0.3, 0.4) is 0 Å². The van der Waals surface area contributed by atoms with Gasteiger partial charge in [0.25, 0.3) is 0 Å². The monoisotopic (exact) mass is 368 g/mol. The van der Waals surface area contributed by atoms with Gasteiger partial charge in [-0.2, -0.15) is 0 Å². The van der Waals surface area contributed by atoms with Crippen molar-refractivity contribution in [1.82, 2.24) is 0 Å². The molecule has 0 aromatic rings. The Bertz CT molecular complexity index is 407. The Balaban J connectivity index is 0. The molecule has 0 fully saturated rings. The number of aliphatic hydroxyl groups excluding tert-OH is 3. The summed E-state index contributed by atoms with van der Waals surface area (Å²) < 4.78 is 0.